The fourth-order valence-corrected chi connectivity index (χ4v) is 3.59. The first-order valence-electron chi connectivity index (χ1n) is 7.69. The lowest BCUT2D eigenvalue weighted by molar-refractivity contribution is 0.0748. The lowest BCUT2D eigenvalue weighted by atomic mass is 10.2. The Labute approximate surface area is 143 Å². The highest BCUT2D eigenvalue weighted by Gasteiger charge is 2.19. The third kappa shape index (κ3) is 4.21. The lowest BCUT2D eigenvalue weighted by Gasteiger charge is -2.23. The van der Waals surface area contributed by atoms with Gasteiger partial charge in [0.1, 0.15) is 0 Å². The van der Waals surface area contributed by atoms with Crippen molar-refractivity contribution in [1.29, 1.82) is 0 Å². The Bertz CT molecular complexity index is 787. The summed E-state index contributed by atoms with van der Waals surface area (Å²) in [7, 11) is -1.76. The summed E-state index contributed by atoms with van der Waals surface area (Å²) in [4.78, 5) is 14.1. The fourth-order valence-electron chi connectivity index (χ4n) is 2.24. The summed E-state index contributed by atoms with van der Waals surface area (Å²) in [6, 6.07) is 15.0. The highest BCUT2D eigenvalue weighted by molar-refractivity contribution is 7.90. The first-order chi connectivity index (χ1) is 11.3. The largest absolute Gasteiger partial charge is 0.338 e. The van der Waals surface area contributed by atoms with Gasteiger partial charge in [-0.1, -0.05) is 30.3 Å². The van der Waals surface area contributed by atoms with Crippen molar-refractivity contribution in [3.8, 4) is 0 Å². The van der Waals surface area contributed by atoms with E-state index in [9.17, 15) is 13.2 Å². The number of carbonyl (C=O) groups excluding carboxylic acids is 1. The molecule has 2 aromatic rings. The van der Waals surface area contributed by atoms with Gasteiger partial charge in [0.05, 0.1) is 10.6 Å². The Morgan fingerprint density at radius 2 is 1.67 bits per heavy atom. The number of hydrogen-bond acceptors (Lipinski definition) is 4. The summed E-state index contributed by atoms with van der Waals surface area (Å²) < 4.78 is 24.9. The number of likely N-dealkylation sites (N-methyl/N-ethyl adjacent to an activating group) is 1. The number of benzene rings is 2. The van der Waals surface area contributed by atoms with Crippen molar-refractivity contribution in [1.82, 2.24) is 4.90 Å². The Morgan fingerprint density at radius 1 is 1.08 bits per heavy atom. The van der Waals surface area contributed by atoms with E-state index in [4.69, 9.17) is 5.73 Å². The predicted octanol–water partition coefficient (Wildman–Crippen LogP) is 2.08. The minimum Gasteiger partial charge on any atom is -0.338 e. The van der Waals surface area contributed by atoms with Gasteiger partial charge in [-0.3, -0.25) is 4.79 Å². The summed E-state index contributed by atoms with van der Waals surface area (Å²) in [5.41, 5.74) is 6.74. The van der Waals surface area contributed by atoms with Gasteiger partial charge in [-0.05, 0) is 36.8 Å². The van der Waals surface area contributed by atoms with E-state index in [-0.39, 0.29) is 22.6 Å². The summed E-state index contributed by atoms with van der Waals surface area (Å²) >= 11 is 0. The molecule has 0 fully saturated rings. The van der Waals surface area contributed by atoms with Crippen molar-refractivity contribution in [2.75, 3.05) is 13.6 Å². The van der Waals surface area contributed by atoms with Gasteiger partial charge in [-0.2, -0.15) is 0 Å². The molecule has 0 spiro atoms. The quantitative estimate of drug-likeness (QED) is 0.868. The van der Waals surface area contributed by atoms with Crippen molar-refractivity contribution in [2.24, 2.45) is 5.73 Å². The van der Waals surface area contributed by atoms with Crippen LogP contribution in [0.4, 0.5) is 0 Å². The molecule has 0 aliphatic rings. The van der Waals surface area contributed by atoms with Crippen LogP contribution in [0.2, 0.25) is 0 Å². The van der Waals surface area contributed by atoms with Gasteiger partial charge in [0.25, 0.3) is 5.91 Å². The van der Waals surface area contributed by atoms with Gasteiger partial charge in [-0.15, -0.1) is 0 Å². The third-order valence-corrected chi connectivity index (χ3v) is 5.69. The molecule has 0 bridgehead atoms. The molecule has 0 aromatic heterocycles. The fraction of sp³-hybridized carbons (Fsp3) is 0.278. The van der Waals surface area contributed by atoms with Crippen molar-refractivity contribution >= 4 is 15.7 Å². The van der Waals surface area contributed by atoms with E-state index in [0.717, 1.165) is 5.56 Å². The molecule has 1 atom stereocenters. The maximum Gasteiger partial charge on any atom is 0.253 e. The summed E-state index contributed by atoms with van der Waals surface area (Å²) in [6.07, 6.45) is 0. The number of sulfone groups is 1. The van der Waals surface area contributed by atoms with E-state index in [1.54, 1.807) is 48.3 Å². The normalized spacial score (nSPS) is 12.6. The maximum atomic E-state index is 12.5. The number of hydrogen-bond donors (Lipinski definition) is 1. The standard InChI is InChI=1S/C18H22N2O3S/c1-14(12-19)20(2)18(21)16-8-10-17(11-9-16)24(22,23)13-15-6-4-3-5-7-15/h3-11,14H,12-13,19H2,1-2H3. The van der Waals surface area contributed by atoms with Crippen LogP contribution in [0.3, 0.4) is 0 Å². The second-order valence-corrected chi connectivity index (χ2v) is 7.76. The van der Waals surface area contributed by atoms with Crippen LogP contribution in [0.1, 0.15) is 22.8 Å². The molecule has 2 aromatic carbocycles. The van der Waals surface area contributed by atoms with Crippen LogP contribution in [0.5, 0.6) is 0 Å². The van der Waals surface area contributed by atoms with Crippen molar-refractivity contribution in [2.45, 2.75) is 23.6 Å². The van der Waals surface area contributed by atoms with E-state index in [0.29, 0.717) is 12.1 Å². The minimum absolute atomic E-state index is 0.0642. The second kappa shape index (κ2) is 7.59. The van der Waals surface area contributed by atoms with Crippen LogP contribution in [0.25, 0.3) is 0 Å². The summed E-state index contributed by atoms with van der Waals surface area (Å²) in [5.74, 6) is -0.245. The zero-order valence-corrected chi connectivity index (χ0v) is 14.7. The molecule has 0 radical (unpaired) electrons. The molecular formula is C18H22N2O3S. The number of nitrogens with zero attached hydrogens (tertiary/aromatic N) is 1. The van der Waals surface area contributed by atoms with Crippen molar-refractivity contribution < 1.29 is 13.2 Å². The van der Waals surface area contributed by atoms with Gasteiger partial charge >= 0.3 is 0 Å². The molecule has 24 heavy (non-hydrogen) atoms. The number of carbonyl (C=O) groups is 1. The van der Waals surface area contributed by atoms with E-state index in [2.05, 4.69) is 0 Å². The van der Waals surface area contributed by atoms with Gasteiger partial charge in [-0.25, -0.2) is 8.42 Å². The maximum absolute atomic E-state index is 12.5. The van der Waals surface area contributed by atoms with Crippen LogP contribution in [0, 0.1) is 0 Å². The average molecular weight is 346 g/mol. The first kappa shape index (κ1) is 18.2. The smallest absolute Gasteiger partial charge is 0.253 e. The zero-order chi connectivity index (χ0) is 17.7. The Kier molecular flexibility index (Phi) is 5.75. The molecule has 0 aliphatic heterocycles. The van der Waals surface area contributed by atoms with E-state index in [1.807, 2.05) is 13.0 Å². The number of amides is 1. The molecule has 0 saturated heterocycles. The summed E-state index contributed by atoms with van der Waals surface area (Å²) in [6.45, 7) is 2.22. The van der Waals surface area contributed by atoms with E-state index >= 15 is 0 Å². The minimum atomic E-state index is -3.44. The van der Waals surface area contributed by atoms with Gasteiger partial charge in [0.15, 0.2) is 9.84 Å². The van der Waals surface area contributed by atoms with Crippen molar-refractivity contribution in [3.05, 3.63) is 65.7 Å². The van der Waals surface area contributed by atoms with E-state index in [1.165, 1.54) is 12.1 Å². The van der Waals surface area contributed by atoms with Crippen LogP contribution in [-0.2, 0) is 15.6 Å². The Morgan fingerprint density at radius 3 is 2.21 bits per heavy atom. The van der Waals surface area contributed by atoms with Crippen LogP contribution in [0.15, 0.2) is 59.5 Å². The van der Waals surface area contributed by atoms with Crippen molar-refractivity contribution in [3.63, 3.8) is 0 Å². The molecule has 1 amide bonds. The van der Waals surface area contributed by atoms with Crippen LogP contribution in [-0.4, -0.2) is 38.9 Å². The number of rotatable bonds is 6. The Balaban J connectivity index is 2.18. The first-order valence-corrected chi connectivity index (χ1v) is 9.34. The molecule has 2 rings (SSSR count). The predicted molar refractivity (Wildman–Crippen MR) is 94.4 cm³/mol. The average Bonchev–Trinajstić information content (AvgIpc) is 2.60. The van der Waals surface area contributed by atoms with Crippen LogP contribution >= 0.6 is 0 Å². The monoisotopic (exact) mass is 346 g/mol. The molecule has 5 nitrogen and oxygen atoms in total. The molecular weight excluding hydrogens is 324 g/mol. The molecule has 2 N–H and O–H groups in total. The summed E-state index contributed by atoms with van der Waals surface area (Å²) in [5, 5.41) is 0. The highest BCUT2D eigenvalue weighted by Crippen LogP contribution is 2.18. The molecule has 6 heteroatoms. The Hall–Kier alpha value is -2.18. The molecule has 0 heterocycles. The molecule has 1 unspecified atom stereocenters. The van der Waals surface area contributed by atoms with Gasteiger partial charge in [0, 0.05) is 25.2 Å². The molecule has 0 saturated carbocycles. The zero-order valence-electron chi connectivity index (χ0n) is 13.8. The number of nitrogens with two attached hydrogens (primary N) is 1. The lowest BCUT2D eigenvalue weighted by Crippen LogP contribution is -2.39. The topological polar surface area (TPSA) is 80.5 Å². The highest BCUT2D eigenvalue weighted by atomic mass is 32.2. The molecule has 0 aliphatic carbocycles. The SMILES string of the molecule is CC(CN)N(C)C(=O)c1ccc(S(=O)(=O)Cc2ccccc2)cc1. The second-order valence-electron chi connectivity index (χ2n) is 5.77. The van der Waals surface area contributed by atoms with Gasteiger partial charge < -0.3 is 10.6 Å². The third-order valence-electron chi connectivity index (χ3n) is 3.98. The van der Waals surface area contributed by atoms with Gasteiger partial charge in [0.2, 0.25) is 0 Å². The molecule has 128 valence electrons. The van der Waals surface area contributed by atoms with E-state index < -0.39 is 9.84 Å². The van der Waals surface area contributed by atoms with Crippen LogP contribution < -0.4 is 5.73 Å².